The molecule has 5 rings (SSSR count). The lowest BCUT2D eigenvalue weighted by molar-refractivity contribution is 0.437. The summed E-state index contributed by atoms with van der Waals surface area (Å²) in [5.74, 6) is 0.362. The van der Waals surface area contributed by atoms with Crippen molar-refractivity contribution in [3.63, 3.8) is 0 Å². The van der Waals surface area contributed by atoms with Gasteiger partial charge in [-0.15, -0.1) is 0 Å². The Morgan fingerprint density at radius 2 is 1.24 bits per heavy atom. The number of phenols is 1. The molecule has 0 bridgehead atoms. The van der Waals surface area contributed by atoms with Crippen molar-refractivity contribution in [2.45, 2.75) is 52.4 Å². The lowest BCUT2D eigenvalue weighted by atomic mass is 9.73. The van der Waals surface area contributed by atoms with Gasteiger partial charge < -0.3 is 5.11 Å². The highest BCUT2D eigenvalue weighted by Gasteiger charge is 2.29. The summed E-state index contributed by atoms with van der Waals surface area (Å²) in [5, 5.41) is 11.6. The van der Waals surface area contributed by atoms with E-state index in [1.807, 2.05) is 30.6 Å². The SMILES string of the molecule is CC(C)(C)c1ccc(-c2cccc(-n3cnc(-c4ccccc4)c3-c3ccccc3)c2)c(O)c1C(C)(C)C. The van der Waals surface area contributed by atoms with Crippen molar-refractivity contribution >= 4 is 0 Å². The maximum absolute atomic E-state index is 11.6. The van der Waals surface area contributed by atoms with E-state index in [0.717, 1.165) is 44.9 Å². The van der Waals surface area contributed by atoms with Crippen LogP contribution in [-0.4, -0.2) is 14.7 Å². The summed E-state index contributed by atoms with van der Waals surface area (Å²) in [5.41, 5.74) is 8.87. The van der Waals surface area contributed by atoms with Crippen LogP contribution in [0.3, 0.4) is 0 Å². The molecule has 0 aliphatic heterocycles. The second kappa shape index (κ2) is 9.64. The van der Waals surface area contributed by atoms with Crippen LogP contribution < -0.4 is 0 Å². The molecular weight excluding hydrogens is 464 g/mol. The minimum absolute atomic E-state index is 0.0737. The van der Waals surface area contributed by atoms with Crippen molar-refractivity contribution in [1.29, 1.82) is 0 Å². The number of rotatable bonds is 4. The van der Waals surface area contributed by atoms with Crippen LogP contribution in [0.2, 0.25) is 0 Å². The summed E-state index contributed by atoms with van der Waals surface area (Å²) in [6.45, 7) is 13.1. The summed E-state index contributed by atoms with van der Waals surface area (Å²) in [7, 11) is 0. The molecule has 0 fully saturated rings. The Labute approximate surface area is 226 Å². The van der Waals surface area contributed by atoms with E-state index in [4.69, 9.17) is 4.98 Å². The van der Waals surface area contributed by atoms with Gasteiger partial charge in [0.15, 0.2) is 0 Å². The fourth-order valence-electron chi connectivity index (χ4n) is 5.25. The number of benzene rings is 4. The summed E-state index contributed by atoms with van der Waals surface area (Å²) in [6.07, 6.45) is 1.90. The Morgan fingerprint density at radius 3 is 1.84 bits per heavy atom. The second-order valence-electron chi connectivity index (χ2n) is 12.0. The van der Waals surface area contributed by atoms with Gasteiger partial charge in [0.2, 0.25) is 0 Å². The molecule has 0 radical (unpaired) electrons. The number of aromatic nitrogens is 2. The normalized spacial score (nSPS) is 12.1. The molecule has 3 nitrogen and oxygen atoms in total. The van der Waals surface area contributed by atoms with E-state index < -0.39 is 0 Å². The third-order valence-corrected chi connectivity index (χ3v) is 7.03. The first-order valence-electron chi connectivity index (χ1n) is 13.2. The summed E-state index contributed by atoms with van der Waals surface area (Å²) >= 11 is 0. The predicted octanol–water partition coefficient (Wildman–Crippen LogP) is 9.17. The molecule has 5 aromatic rings. The van der Waals surface area contributed by atoms with Crippen molar-refractivity contribution in [3.05, 3.63) is 115 Å². The van der Waals surface area contributed by atoms with Crippen molar-refractivity contribution in [2.24, 2.45) is 0 Å². The van der Waals surface area contributed by atoms with Gasteiger partial charge in [0.05, 0.1) is 11.4 Å². The van der Waals surface area contributed by atoms with Crippen LogP contribution in [0.5, 0.6) is 5.75 Å². The first kappa shape index (κ1) is 25.5. The van der Waals surface area contributed by atoms with Gasteiger partial charge in [-0.3, -0.25) is 4.57 Å². The van der Waals surface area contributed by atoms with E-state index in [9.17, 15) is 5.11 Å². The molecule has 0 atom stereocenters. The molecule has 192 valence electrons. The molecule has 0 aliphatic carbocycles. The van der Waals surface area contributed by atoms with E-state index in [2.05, 4.69) is 119 Å². The molecule has 0 saturated heterocycles. The average Bonchev–Trinajstić information content (AvgIpc) is 3.34. The minimum Gasteiger partial charge on any atom is -0.507 e. The summed E-state index contributed by atoms with van der Waals surface area (Å²) in [6, 6.07) is 33.3. The van der Waals surface area contributed by atoms with Crippen molar-refractivity contribution in [2.75, 3.05) is 0 Å². The Morgan fingerprint density at radius 1 is 0.632 bits per heavy atom. The Bertz CT molecular complexity index is 1570. The molecule has 1 aromatic heterocycles. The van der Waals surface area contributed by atoms with Crippen molar-refractivity contribution < 1.29 is 5.11 Å². The molecule has 0 saturated carbocycles. The van der Waals surface area contributed by atoms with E-state index in [1.54, 1.807) is 0 Å². The number of nitrogens with zero attached hydrogens (tertiary/aromatic N) is 2. The summed E-state index contributed by atoms with van der Waals surface area (Å²) in [4.78, 5) is 4.86. The predicted molar refractivity (Wildman–Crippen MR) is 159 cm³/mol. The van der Waals surface area contributed by atoms with Crippen LogP contribution in [-0.2, 0) is 10.8 Å². The van der Waals surface area contributed by atoms with Gasteiger partial charge in [-0.25, -0.2) is 4.98 Å². The molecule has 0 unspecified atom stereocenters. The average molecular weight is 501 g/mol. The molecule has 4 aromatic carbocycles. The first-order valence-corrected chi connectivity index (χ1v) is 13.2. The number of hydrogen-bond acceptors (Lipinski definition) is 2. The van der Waals surface area contributed by atoms with Crippen LogP contribution in [0.15, 0.2) is 103 Å². The van der Waals surface area contributed by atoms with Gasteiger partial charge >= 0.3 is 0 Å². The molecule has 1 N–H and O–H groups in total. The molecule has 1 heterocycles. The molecule has 3 heteroatoms. The van der Waals surface area contributed by atoms with E-state index in [1.165, 1.54) is 5.56 Å². The van der Waals surface area contributed by atoms with Gasteiger partial charge in [-0.1, -0.05) is 126 Å². The smallest absolute Gasteiger partial charge is 0.127 e. The number of phenolic OH excluding ortho intramolecular Hbond substituents is 1. The molecule has 38 heavy (non-hydrogen) atoms. The number of aromatic hydroxyl groups is 1. The maximum Gasteiger partial charge on any atom is 0.127 e. The second-order valence-corrected chi connectivity index (χ2v) is 12.0. The Hall–Kier alpha value is -4.11. The summed E-state index contributed by atoms with van der Waals surface area (Å²) < 4.78 is 2.15. The highest BCUT2D eigenvalue weighted by Crippen LogP contribution is 2.44. The fourth-order valence-corrected chi connectivity index (χ4v) is 5.25. The molecule has 0 amide bonds. The highest BCUT2D eigenvalue weighted by molar-refractivity contribution is 5.81. The van der Waals surface area contributed by atoms with Crippen LogP contribution in [0.25, 0.3) is 39.3 Å². The van der Waals surface area contributed by atoms with Gasteiger partial charge in [0.25, 0.3) is 0 Å². The van der Waals surface area contributed by atoms with Crippen LogP contribution in [0.4, 0.5) is 0 Å². The van der Waals surface area contributed by atoms with Gasteiger partial charge in [0.1, 0.15) is 12.1 Å². The number of hydrogen-bond donors (Lipinski definition) is 1. The van der Waals surface area contributed by atoms with Crippen molar-refractivity contribution in [1.82, 2.24) is 9.55 Å². The quantitative estimate of drug-likeness (QED) is 0.267. The van der Waals surface area contributed by atoms with E-state index in [-0.39, 0.29) is 10.8 Å². The third-order valence-electron chi connectivity index (χ3n) is 7.03. The largest absolute Gasteiger partial charge is 0.507 e. The lowest BCUT2D eigenvalue weighted by Crippen LogP contribution is -2.22. The zero-order valence-corrected chi connectivity index (χ0v) is 23.2. The van der Waals surface area contributed by atoms with Crippen LogP contribution >= 0.6 is 0 Å². The van der Waals surface area contributed by atoms with Gasteiger partial charge in [-0.05, 0) is 34.1 Å². The maximum atomic E-state index is 11.6. The zero-order chi connectivity index (χ0) is 27.1. The van der Waals surface area contributed by atoms with Crippen LogP contribution in [0, 0.1) is 0 Å². The lowest BCUT2D eigenvalue weighted by Gasteiger charge is -2.31. The van der Waals surface area contributed by atoms with Crippen LogP contribution in [0.1, 0.15) is 52.7 Å². The Kier molecular flexibility index (Phi) is 6.48. The monoisotopic (exact) mass is 500 g/mol. The highest BCUT2D eigenvalue weighted by atomic mass is 16.3. The number of imidazole rings is 1. The fraction of sp³-hybridized carbons (Fsp3) is 0.229. The molecule has 0 aliphatic rings. The molecular formula is C35H36N2O. The third kappa shape index (κ3) is 4.77. The standard InChI is InChI=1S/C35H36N2O/c1-34(2,3)29-21-20-28(33(38)30(29)35(4,5)6)26-18-13-19-27(22-26)37-23-36-31(24-14-9-7-10-15-24)32(37)25-16-11-8-12-17-25/h7-23,38H,1-6H3. The van der Waals surface area contributed by atoms with Gasteiger partial charge in [-0.2, -0.15) is 0 Å². The van der Waals surface area contributed by atoms with Gasteiger partial charge in [0, 0.05) is 27.9 Å². The Balaban J connectivity index is 1.69. The zero-order valence-electron chi connectivity index (χ0n) is 23.2. The topological polar surface area (TPSA) is 38.0 Å². The first-order chi connectivity index (χ1) is 18.1. The van der Waals surface area contributed by atoms with E-state index in [0.29, 0.717) is 5.75 Å². The molecule has 0 spiro atoms. The minimum atomic E-state index is -0.199. The van der Waals surface area contributed by atoms with Crippen molar-refractivity contribution in [3.8, 4) is 45.1 Å². The van der Waals surface area contributed by atoms with E-state index >= 15 is 0 Å².